The molecule has 0 spiro atoms. The molecule has 1 N–H and O–H groups in total. The number of rotatable bonds is 6. The second kappa shape index (κ2) is 8.65. The second-order valence-electron chi connectivity index (χ2n) is 7.10. The number of hydrogen-bond acceptors (Lipinski definition) is 5. The van der Waals surface area contributed by atoms with Crippen LogP contribution >= 0.6 is 0 Å². The van der Waals surface area contributed by atoms with Gasteiger partial charge in [0.2, 0.25) is 5.91 Å². The van der Waals surface area contributed by atoms with Crippen LogP contribution in [0.2, 0.25) is 0 Å². The molecule has 8 heteroatoms. The van der Waals surface area contributed by atoms with E-state index in [0.717, 1.165) is 31.5 Å². The number of likely N-dealkylation sites (tertiary alicyclic amines) is 1. The Kier molecular flexibility index (Phi) is 6.22. The second-order valence-corrected chi connectivity index (χ2v) is 8.62. The third kappa shape index (κ3) is 5.14. The molecule has 0 aliphatic carbocycles. The van der Waals surface area contributed by atoms with Gasteiger partial charge in [-0.2, -0.15) is 8.42 Å². The number of carbonyl (C=O) groups is 2. The summed E-state index contributed by atoms with van der Waals surface area (Å²) in [6.07, 6.45) is 1.98. The number of benzene rings is 2. The number of hydrogen-bond donors (Lipinski definition) is 1. The first kappa shape index (κ1) is 20.9. The predicted molar refractivity (Wildman–Crippen MR) is 108 cm³/mol. The molecule has 1 aliphatic rings. The number of amides is 2. The molecule has 0 saturated carbocycles. The first-order valence-corrected chi connectivity index (χ1v) is 10.8. The van der Waals surface area contributed by atoms with Crippen LogP contribution in [0.25, 0.3) is 0 Å². The highest BCUT2D eigenvalue weighted by molar-refractivity contribution is 7.87. The Morgan fingerprint density at radius 2 is 1.69 bits per heavy atom. The van der Waals surface area contributed by atoms with Gasteiger partial charge in [-0.05, 0) is 68.1 Å². The van der Waals surface area contributed by atoms with E-state index >= 15 is 0 Å². The van der Waals surface area contributed by atoms with Gasteiger partial charge in [0.05, 0.1) is 6.54 Å². The summed E-state index contributed by atoms with van der Waals surface area (Å²) in [6.45, 7) is 4.91. The quantitative estimate of drug-likeness (QED) is 0.730. The van der Waals surface area contributed by atoms with Crippen LogP contribution in [0.15, 0.2) is 47.4 Å². The average molecular weight is 416 g/mol. The highest BCUT2D eigenvalue weighted by atomic mass is 32.2. The van der Waals surface area contributed by atoms with E-state index in [1.165, 1.54) is 24.3 Å². The van der Waals surface area contributed by atoms with Crippen LogP contribution in [0.3, 0.4) is 0 Å². The molecule has 0 bridgehead atoms. The molecule has 1 saturated heterocycles. The van der Waals surface area contributed by atoms with Crippen molar-refractivity contribution in [3.8, 4) is 5.75 Å². The molecule has 0 radical (unpaired) electrons. The lowest BCUT2D eigenvalue weighted by Crippen LogP contribution is -2.38. The minimum Gasteiger partial charge on any atom is -0.379 e. The van der Waals surface area contributed by atoms with Crippen molar-refractivity contribution >= 4 is 21.9 Å². The predicted octanol–water partition coefficient (Wildman–Crippen LogP) is 2.42. The highest BCUT2D eigenvalue weighted by Crippen LogP contribution is 2.22. The third-order valence-corrected chi connectivity index (χ3v) is 6.18. The van der Waals surface area contributed by atoms with Crippen LogP contribution in [0.4, 0.5) is 0 Å². The van der Waals surface area contributed by atoms with Gasteiger partial charge < -0.3 is 14.4 Å². The Morgan fingerprint density at radius 3 is 2.34 bits per heavy atom. The molecule has 0 atom stereocenters. The number of carbonyl (C=O) groups excluding carboxylic acids is 2. The zero-order valence-electron chi connectivity index (χ0n) is 16.5. The molecule has 2 aromatic carbocycles. The zero-order valence-corrected chi connectivity index (χ0v) is 17.3. The van der Waals surface area contributed by atoms with Gasteiger partial charge in [0.25, 0.3) is 5.91 Å². The van der Waals surface area contributed by atoms with Crippen LogP contribution in [0.5, 0.6) is 5.75 Å². The molecule has 0 unspecified atom stereocenters. The molecular weight excluding hydrogens is 392 g/mol. The number of nitrogens with one attached hydrogen (secondary N) is 1. The van der Waals surface area contributed by atoms with Crippen molar-refractivity contribution in [1.82, 2.24) is 10.2 Å². The van der Waals surface area contributed by atoms with Crippen molar-refractivity contribution in [2.75, 3.05) is 19.6 Å². The minimum absolute atomic E-state index is 0.0574. The van der Waals surface area contributed by atoms with Gasteiger partial charge in [-0.15, -0.1) is 0 Å². The van der Waals surface area contributed by atoms with Crippen molar-refractivity contribution in [2.45, 2.75) is 31.6 Å². The normalized spacial score (nSPS) is 13.9. The standard InChI is InChI=1S/C21H24N2O5S/c1-15-5-6-16(2)19(13-15)29(26,27)28-18-9-7-17(8-10-18)21(25)22-14-20(24)23-11-3-4-12-23/h5-10,13H,3-4,11-12,14H2,1-2H3,(H,22,25). The lowest BCUT2D eigenvalue weighted by Gasteiger charge is -2.15. The maximum atomic E-state index is 12.6. The van der Waals surface area contributed by atoms with Crippen molar-refractivity contribution in [2.24, 2.45) is 0 Å². The van der Waals surface area contributed by atoms with E-state index in [1.54, 1.807) is 30.9 Å². The van der Waals surface area contributed by atoms with Gasteiger partial charge in [-0.1, -0.05) is 12.1 Å². The summed E-state index contributed by atoms with van der Waals surface area (Å²) < 4.78 is 30.3. The van der Waals surface area contributed by atoms with Crippen LogP contribution < -0.4 is 9.50 Å². The topological polar surface area (TPSA) is 92.8 Å². The molecule has 0 aromatic heterocycles. The number of nitrogens with zero attached hydrogens (tertiary/aromatic N) is 1. The highest BCUT2D eigenvalue weighted by Gasteiger charge is 2.21. The lowest BCUT2D eigenvalue weighted by molar-refractivity contribution is -0.129. The Balaban J connectivity index is 1.62. The van der Waals surface area contributed by atoms with E-state index in [2.05, 4.69) is 5.32 Å². The fourth-order valence-electron chi connectivity index (χ4n) is 3.15. The fourth-order valence-corrected chi connectivity index (χ4v) is 4.39. The average Bonchev–Trinajstić information content (AvgIpc) is 3.23. The summed E-state index contributed by atoms with van der Waals surface area (Å²) >= 11 is 0. The molecule has 29 heavy (non-hydrogen) atoms. The number of aryl methyl sites for hydroxylation is 2. The fraction of sp³-hybridized carbons (Fsp3) is 0.333. The minimum atomic E-state index is -3.98. The van der Waals surface area contributed by atoms with Crippen molar-refractivity contribution in [3.63, 3.8) is 0 Å². The Morgan fingerprint density at radius 1 is 1.03 bits per heavy atom. The summed E-state index contributed by atoms with van der Waals surface area (Å²) in [4.78, 5) is 26.1. The summed E-state index contributed by atoms with van der Waals surface area (Å²) in [6, 6.07) is 10.9. The summed E-state index contributed by atoms with van der Waals surface area (Å²) in [5.41, 5.74) is 1.72. The van der Waals surface area contributed by atoms with Crippen LogP contribution in [-0.4, -0.2) is 44.8 Å². The molecule has 1 heterocycles. The summed E-state index contributed by atoms with van der Waals surface area (Å²) in [7, 11) is -3.98. The molecule has 7 nitrogen and oxygen atoms in total. The first-order valence-electron chi connectivity index (χ1n) is 9.44. The van der Waals surface area contributed by atoms with Crippen molar-refractivity contribution in [1.29, 1.82) is 0 Å². The lowest BCUT2D eigenvalue weighted by atomic mass is 10.2. The van der Waals surface area contributed by atoms with Crippen molar-refractivity contribution in [3.05, 3.63) is 59.2 Å². The smallest absolute Gasteiger partial charge is 0.339 e. The van der Waals surface area contributed by atoms with Crippen LogP contribution in [-0.2, 0) is 14.9 Å². The summed E-state index contributed by atoms with van der Waals surface area (Å²) in [5, 5.41) is 2.59. The van der Waals surface area contributed by atoms with Gasteiger partial charge in [-0.25, -0.2) is 0 Å². The SMILES string of the molecule is Cc1ccc(C)c(S(=O)(=O)Oc2ccc(C(=O)NCC(=O)N3CCCC3)cc2)c1. The van der Waals surface area contributed by atoms with E-state index in [1.807, 2.05) is 6.07 Å². The van der Waals surface area contributed by atoms with E-state index in [0.29, 0.717) is 11.1 Å². The van der Waals surface area contributed by atoms with Gasteiger partial charge in [0.15, 0.2) is 0 Å². The van der Waals surface area contributed by atoms with E-state index < -0.39 is 16.0 Å². The molecule has 2 aromatic rings. The molecular formula is C21H24N2O5S. The van der Waals surface area contributed by atoms with E-state index in [9.17, 15) is 18.0 Å². The molecule has 2 amide bonds. The monoisotopic (exact) mass is 416 g/mol. The van der Waals surface area contributed by atoms with Gasteiger partial charge in [-0.3, -0.25) is 9.59 Å². The van der Waals surface area contributed by atoms with Crippen LogP contribution in [0, 0.1) is 13.8 Å². The van der Waals surface area contributed by atoms with Gasteiger partial charge >= 0.3 is 10.1 Å². The third-order valence-electron chi connectivity index (χ3n) is 4.79. The van der Waals surface area contributed by atoms with Gasteiger partial charge in [0, 0.05) is 18.7 Å². The maximum absolute atomic E-state index is 12.6. The Hall–Kier alpha value is -2.87. The molecule has 154 valence electrons. The Bertz CT molecular complexity index is 1010. The maximum Gasteiger partial charge on any atom is 0.339 e. The van der Waals surface area contributed by atoms with Gasteiger partial charge in [0.1, 0.15) is 10.6 Å². The Labute approximate surface area is 170 Å². The molecule has 1 fully saturated rings. The summed E-state index contributed by atoms with van der Waals surface area (Å²) in [5.74, 6) is -0.396. The largest absolute Gasteiger partial charge is 0.379 e. The van der Waals surface area contributed by atoms with E-state index in [4.69, 9.17) is 4.18 Å². The molecule has 3 rings (SSSR count). The van der Waals surface area contributed by atoms with E-state index in [-0.39, 0.29) is 23.1 Å². The zero-order chi connectivity index (χ0) is 21.0. The van der Waals surface area contributed by atoms with Crippen LogP contribution in [0.1, 0.15) is 34.3 Å². The van der Waals surface area contributed by atoms with Crippen molar-refractivity contribution < 1.29 is 22.2 Å². The first-order chi connectivity index (χ1) is 13.8. The molecule has 1 aliphatic heterocycles.